The molecule has 0 N–H and O–H groups in total. The van der Waals surface area contributed by atoms with Crippen LogP contribution < -0.4 is 4.74 Å². The van der Waals surface area contributed by atoms with Crippen molar-refractivity contribution < 1.29 is 9.47 Å². The van der Waals surface area contributed by atoms with Gasteiger partial charge in [0.05, 0.1) is 25.3 Å². The summed E-state index contributed by atoms with van der Waals surface area (Å²) in [6.45, 7) is 3.27. The summed E-state index contributed by atoms with van der Waals surface area (Å²) in [6.07, 6.45) is 0.986. The summed E-state index contributed by atoms with van der Waals surface area (Å²) in [7, 11) is 1.62. The molecular weight excluding hydrogens is 190 g/mol. The minimum Gasteiger partial charge on any atom is -0.496 e. The molecule has 1 rings (SSSR count). The number of hydrogen-bond acceptors (Lipinski definition) is 3. The molecule has 0 saturated heterocycles. The molecule has 0 aromatic heterocycles. The molecule has 1 aromatic rings. The molecule has 15 heavy (non-hydrogen) atoms. The molecule has 0 heterocycles. The average molecular weight is 205 g/mol. The second-order valence-electron chi connectivity index (χ2n) is 3.19. The number of hydrogen-bond donors (Lipinski definition) is 0. The van der Waals surface area contributed by atoms with Gasteiger partial charge in [-0.15, -0.1) is 0 Å². The predicted molar refractivity (Wildman–Crippen MR) is 57.7 cm³/mol. The van der Waals surface area contributed by atoms with Crippen molar-refractivity contribution in [2.45, 2.75) is 20.0 Å². The number of rotatable bonds is 5. The van der Waals surface area contributed by atoms with Crippen molar-refractivity contribution >= 4 is 0 Å². The first-order chi connectivity index (χ1) is 7.31. The highest BCUT2D eigenvalue weighted by molar-refractivity contribution is 5.41. The Morgan fingerprint density at radius 2 is 2.20 bits per heavy atom. The molecule has 0 saturated carbocycles. The summed E-state index contributed by atoms with van der Waals surface area (Å²) in [5.41, 5.74) is 1.55. The third-order valence-corrected chi connectivity index (χ3v) is 2.02. The molecule has 3 heteroatoms. The van der Waals surface area contributed by atoms with Crippen LogP contribution in [0.15, 0.2) is 18.2 Å². The molecule has 0 spiro atoms. The van der Waals surface area contributed by atoms with Crippen LogP contribution in [0.1, 0.15) is 24.5 Å². The van der Waals surface area contributed by atoms with Gasteiger partial charge in [-0.25, -0.2) is 0 Å². The first kappa shape index (κ1) is 11.5. The lowest BCUT2D eigenvalue weighted by atomic mass is 10.1. The number of nitriles is 1. The quantitative estimate of drug-likeness (QED) is 0.693. The van der Waals surface area contributed by atoms with Gasteiger partial charge in [0, 0.05) is 12.2 Å². The summed E-state index contributed by atoms with van der Waals surface area (Å²) in [4.78, 5) is 0. The van der Waals surface area contributed by atoms with E-state index in [0.717, 1.165) is 24.3 Å². The molecule has 0 aliphatic rings. The van der Waals surface area contributed by atoms with Crippen molar-refractivity contribution in [3.63, 3.8) is 0 Å². The first-order valence-corrected chi connectivity index (χ1v) is 4.96. The maximum Gasteiger partial charge on any atom is 0.124 e. The summed E-state index contributed by atoms with van der Waals surface area (Å²) < 4.78 is 10.6. The van der Waals surface area contributed by atoms with Crippen LogP contribution in [0.25, 0.3) is 0 Å². The van der Waals surface area contributed by atoms with E-state index in [9.17, 15) is 0 Å². The fourth-order valence-electron chi connectivity index (χ4n) is 1.29. The zero-order valence-corrected chi connectivity index (χ0v) is 9.12. The molecule has 0 radical (unpaired) electrons. The number of methoxy groups -OCH3 is 1. The standard InChI is InChI=1S/C12H15NO2/c1-3-6-15-9-11-7-10(8-13)4-5-12(11)14-2/h4-5,7H,3,6,9H2,1-2H3. The van der Waals surface area contributed by atoms with Crippen LogP contribution in [0, 0.1) is 11.3 Å². The van der Waals surface area contributed by atoms with Crippen molar-refractivity contribution in [3.8, 4) is 11.8 Å². The Morgan fingerprint density at radius 3 is 2.80 bits per heavy atom. The van der Waals surface area contributed by atoms with E-state index in [1.54, 1.807) is 25.3 Å². The highest BCUT2D eigenvalue weighted by atomic mass is 16.5. The molecule has 80 valence electrons. The average Bonchev–Trinajstić information content (AvgIpc) is 2.29. The smallest absolute Gasteiger partial charge is 0.124 e. The Bertz CT molecular complexity index is 355. The summed E-state index contributed by atoms with van der Waals surface area (Å²) in [5.74, 6) is 0.769. The summed E-state index contributed by atoms with van der Waals surface area (Å²) in [5, 5.41) is 8.77. The molecule has 0 fully saturated rings. The number of ether oxygens (including phenoxy) is 2. The fraction of sp³-hybridized carbons (Fsp3) is 0.417. The van der Waals surface area contributed by atoms with Crippen LogP contribution in [0.4, 0.5) is 0 Å². The monoisotopic (exact) mass is 205 g/mol. The van der Waals surface area contributed by atoms with Crippen LogP contribution >= 0.6 is 0 Å². The van der Waals surface area contributed by atoms with Gasteiger partial charge in [-0.05, 0) is 24.6 Å². The van der Waals surface area contributed by atoms with Crippen molar-refractivity contribution in [2.24, 2.45) is 0 Å². The Hall–Kier alpha value is -1.53. The highest BCUT2D eigenvalue weighted by Crippen LogP contribution is 2.20. The third-order valence-electron chi connectivity index (χ3n) is 2.02. The minimum atomic E-state index is 0.493. The van der Waals surface area contributed by atoms with E-state index < -0.39 is 0 Å². The van der Waals surface area contributed by atoms with E-state index in [1.165, 1.54) is 0 Å². The van der Waals surface area contributed by atoms with Crippen LogP contribution in [0.5, 0.6) is 5.75 Å². The van der Waals surface area contributed by atoms with Crippen LogP contribution in [-0.2, 0) is 11.3 Å². The Morgan fingerprint density at radius 1 is 1.40 bits per heavy atom. The van der Waals surface area contributed by atoms with Gasteiger partial charge in [0.25, 0.3) is 0 Å². The maximum atomic E-state index is 8.77. The van der Waals surface area contributed by atoms with Crippen LogP contribution in [-0.4, -0.2) is 13.7 Å². The van der Waals surface area contributed by atoms with Crippen molar-refractivity contribution in [3.05, 3.63) is 29.3 Å². The lowest BCUT2D eigenvalue weighted by Crippen LogP contribution is -1.98. The van der Waals surface area contributed by atoms with E-state index in [2.05, 4.69) is 13.0 Å². The molecule has 0 aliphatic heterocycles. The van der Waals surface area contributed by atoms with E-state index >= 15 is 0 Å². The van der Waals surface area contributed by atoms with Gasteiger partial charge in [0.1, 0.15) is 5.75 Å². The molecule has 0 unspecified atom stereocenters. The lowest BCUT2D eigenvalue weighted by molar-refractivity contribution is 0.119. The number of benzene rings is 1. The van der Waals surface area contributed by atoms with Gasteiger partial charge in [-0.2, -0.15) is 5.26 Å². The van der Waals surface area contributed by atoms with Crippen molar-refractivity contribution in [1.29, 1.82) is 5.26 Å². The normalized spacial score (nSPS) is 9.67. The molecule has 0 atom stereocenters. The Kier molecular flexibility index (Phi) is 4.65. The fourth-order valence-corrected chi connectivity index (χ4v) is 1.29. The summed E-state index contributed by atoms with van der Waals surface area (Å²) in [6, 6.07) is 7.43. The second kappa shape index (κ2) is 6.05. The highest BCUT2D eigenvalue weighted by Gasteiger charge is 2.04. The van der Waals surface area contributed by atoms with E-state index in [-0.39, 0.29) is 0 Å². The molecule has 0 aliphatic carbocycles. The lowest BCUT2D eigenvalue weighted by Gasteiger charge is -2.08. The Labute approximate surface area is 90.2 Å². The van der Waals surface area contributed by atoms with Crippen molar-refractivity contribution in [1.82, 2.24) is 0 Å². The predicted octanol–water partition coefficient (Wildman–Crippen LogP) is 2.49. The van der Waals surface area contributed by atoms with Crippen LogP contribution in [0.2, 0.25) is 0 Å². The first-order valence-electron chi connectivity index (χ1n) is 4.96. The van der Waals surface area contributed by atoms with Gasteiger partial charge in [0.15, 0.2) is 0 Å². The zero-order chi connectivity index (χ0) is 11.1. The maximum absolute atomic E-state index is 8.77. The van der Waals surface area contributed by atoms with Gasteiger partial charge >= 0.3 is 0 Å². The number of nitrogens with zero attached hydrogens (tertiary/aromatic N) is 1. The topological polar surface area (TPSA) is 42.2 Å². The van der Waals surface area contributed by atoms with Gasteiger partial charge in [0.2, 0.25) is 0 Å². The van der Waals surface area contributed by atoms with E-state index in [1.807, 2.05) is 0 Å². The molecule has 3 nitrogen and oxygen atoms in total. The van der Waals surface area contributed by atoms with E-state index in [0.29, 0.717) is 12.2 Å². The third kappa shape index (κ3) is 3.26. The molecule has 0 bridgehead atoms. The van der Waals surface area contributed by atoms with Crippen LogP contribution in [0.3, 0.4) is 0 Å². The second-order valence-corrected chi connectivity index (χ2v) is 3.19. The molecule has 0 amide bonds. The summed E-state index contributed by atoms with van der Waals surface area (Å²) >= 11 is 0. The van der Waals surface area contributed by atoms with Gasteiger partial charge in [-0.3, -0.25) is 0 Å². The largest absolute Gasteiger partial charge is 0.496 e. The minimum absolute atomic E-state index is 0.493. The molecule has 1 aromatic carbocycles. The Balaban J connectivity index is 2.78. The molecular formula is C12H15NO2. The SMILES string of the molecule is CCCOCc1cc(C#N)ccc1OC. The van der Waals surface area contributed by atoms with Crippen molar-refractivity contribution in [2.75, 3.05) is 13.7 Å². The van der Waals surface area contributed by atoms with Gasteiger partial charge < -0.3 is 9.47 Å². The van der Waals surface area contributed by atoms with Gasteiger partial charge in [-0.1, -0.05) is 6.92 Å². The van der Waals surface area contributed by atoms with E-state index in [4.69, 9.17) is 14.7 Å². The zero-order valence-electron chi connectivity index (χ0n) is 9.12.